The summed E-state index contributed by atoms with van der Waals surface area (Å²) in [6, 6.07) is 4.39. The van der Waals surface area contributed by atoms with Crippen LogP contribution in [0.1, 0.15) is 51.0 Å². The Kier molecular flexibility index (Phi) is 8.65. The minimum atomic E-state index is -3.97. The molecule has 0 unspecified atom stereocenters. The van der Waals surface area contributed by atoms with Crippen molar-refractivity contribution in [2.45, 2.75) is 51.3 Å². The maximum atomic E-state index is 13.3. The van der Waals surface area contributed by atoms with Gasteiger partial charge in [-0.3, -0.25) is 4.79 Å². The third-order valence-corrected chi connectivity index (χ3v) is 7.82. The molecule has 2 aromatic heterocycles. The lowest BCUT2D eigenvalue weighted by Gasteiger charge is -2.21. The fraction of sp³-hybridized carbons (Fsp3) is 0.522. The van der Waals surface area contributed by atoms with Crippen LogP contribution in [0.25, 0.3) is 16.9 Å². The molecule has 4 N–H and O–H groups in total. The number of nitrogens with one attached hydrogen (secondary N) is 1. The molecular formula is C23H34N6O5S. The van der Waals surface area contributed by atoms with Crippen LogP contribution in [0, 0.1) is 6.92 Å². The largest absolute Gasteiger partial charge is 0.493 e. The Balaban J connectivity index is 2.26. The molecule has 0 aliphatic carbocycles. The summed E-state index contributed by atoms with van der Waals surface area (Å²) in [5.41, 5.74) is 6.47. The van der Waals surface area contributed by atoms with Gasteiger partial charge >= 0.3 is 0 Å². The van der Waals surface area contributed by atoms with Crippen LogP contribution in [-0.2, 0) is 10.0 Å². The average molecular weight is 507 g/mol. The summed E-state index contributed by atoms with van der Waals surface area (Å²) in [6.07, 6.45) is 1.66. The number of hydrogen-bond acceptors (Lipinski definition) is 8. The number of nitrogens with zero attached hydrogens (tertiary/aromatic N) is 4. The summed E-state index contributed by atoms with van der Waals surface area (Å²) in [4.78, 5) is 20.4. The van der Waals surface area contributed by atoms with Gasteiger partial charge in [0.2, 0.25) is 10.0 Å². The smallest absolute Gasteiger partial charge is 0.277 e. The number of aliphatic hydroxyl groups is 1. The molecule has 0 aliphatic heterocycles. The monoisotopic (exact) mass is 506 g/mol. The summed E-state index contributed by atoms with van der Waals surface area (Å²) in [5.74, 6) is 1.34. The summed E-state index contributed by atoms with van der Waals surface area (Å²) >= 11 is 0. The maximum absolute atomic E-state index is 13.3. The molecule has 12 heteroatoms. The van der Waals surface area contributed by atoms with E-state index in [9.17, 15) is 18.3 Å². The summed E-state index contributed by atoms with van der Waals surface area (Å²) in [5, 5.41) is 14.0. The van der Waals surface area contributed by atoms with Crippen LogP contribution in [-0.4, -0.2) is 70.3 Å². The van der Waals surface area contributed by atoms with Crippen LogP contribution in [0.3, 0.4) is 0 Å². The number of imidazole rings is 1. The summed E-state index contributed by atoms with van der Waals surface area (Å²) in [6.45, 7) is 7.75. The van der Waals surface area contributed by atoms with Crippen molar-refractivity contribution in [3.63, 3.8) is 0 Å². The van der Waals surface area contributed by atoms with E-state index < -0.39 is 10.0 Å². The molecule has 0 radical (unpaired) electrons. The SMILES string of the molecule is CCOc1ccc(S(=O)(=O)N(CCN)CCO)cc1-c1nn2c(C(CC)CC)nc(C)c2c(=O)[nH]1. The predicted octanol–water partition coefficient (Wildman–Crippen LogP) is 1.64. The van der Waals surface area contributed by atoms with Gasteiger partial charge in [0.15, 0.2) is 11.3 Å². The van der Waals surface area contributed by atoms with E-state index in [4.69, 9.17) is 10.5 Å². The number of aromatic nitrogens is 4. The second-order valence-corrected chi connectivity index (χ2v) is 10.1. The number of aliphatic hydroxyl groups excluding tert-OH is 1. The number of sulfonamides is 1. The van der Waals surface area contributed by atoms with E-state index in [2.05, 4.69) is 28.9 Å². The zero-order valence-corrected chi connectivity index (χ0v) is 21.4. The minimum absolute atomic E-state index is 0.0253. The Morgan fingerprint density at radius 3 is 2.54 bits per heavy atom. The highest BCUT2D eigenvalue weighted by Gasteiger charge is 2.26. The van der Waals surface area contributed by atoms with Gasteiger partial charge in [0.05, 0.1) is 29.4 Å². The van der Waals surface area contributed by atoms with Crippen molar-refractivity contribution >= 4 is 15.5 Å². The molecule has 192 valence electrons. The van der Waals surface area contributed by atoms with Gasteiger partial charge in [-0.05, 0) is 44.9 Å². The second kappa shape index (κ2) is 11.3. The van der Waals surface area contributed by atoms with Crippen LogP contribution in [0.2, 0.25) is 0 Å². The van der Waals surface area contributed by atoms with Gasteiger partial charge in [0.1, 0.15) is 11.6 Å². The third-order valence-electron chi connectivity index (χ3n) is 5.92. The highest BCUT2D eigenvalue weighted by Crippen LogP contribution is 2.32. The van der Waals surface area contributed by atoms with Crippen LogP contribution < -0.4 is 16.0 Å². The molecule has 0 saturated carbocycles. The quantitative estimate of drug-likeness (QED) is 0.335. The van der Waals surface area contributed by atoms with Crippen LogP contribution in [0.4, 0.5) is 0 Å². The third kappa shape index (κ3) is 5.25. The molecular weight excluding hydrogens is 472 g/mol. The molecule has 11 nitrogen and oxygen atoms in total. The van der Waals surface area contributed by atoms with Gasteiger partial charge in [0, 0.05) is 25.6 Å². The second-order valence-electron chi connectivity index (χ2n) is 8.14. The standard InChI is InChI=1S/C23H34N6O5S/c1-5-16(6-2)22-25-15(4)20-23(31)26-21(27-29(20)22)18-14-17(8-9-19(18)34-7-3)35(32,33)28(11-10-24)12-13-30/h8-9,14,16,30H,5-7,10-13,24H2,1-4H3,(H,26,27,31). The van der Waals surface area contributed by atoms with E-state index in [1.807, 2.05) is 6.92 Å². The topological polar surface area (TPSA) is 156 Å². The maximum Gasteiger partial charge on any atom is 0.277 e. The number of rotatable bonds is 12. The Hall–Kier alpha value is -2.80. The Morgan fingerprint density at radius 1 is 1.23 bits per heavy atom. The highest BCUT2D eigenvalue weighted by molar-refractivity contribution is 7.89. The summed E-state index contributed by atoms with van der Waals surface area (Å²) < 4.78 is 35.0. The fourth-order valence-corrected chi connectivity index (χ4v) is 5.60. The van der Waals surface area contributed by atoms with E-state index >= 15 is 0 Å². The fourth-order valence-electron chi connectivity index (χ4n) is 4.13. The Labute approximate surface area is 205 Å². The molecule has 0 aliphatic rings. The van der Waals surface area contributed by atoms with Crippen molar-refractivity contribution in [3.8, 4) is 17.1 Å². The van der Waals surface area contributed by atoms with Crippen molar-refractivity contribution in [1.29, 1.82) is 0 Å². The molecule has 0 atom stereocenters. The first kappa shape index (κ1) is 26.8. The van der Waals surface area contributed by atoms with E-state index in [-0.39, 0.29) is 48.4 Å². The first-order valence-corrected chi connectivity index (χ1v) is 13.2. The number of nitrogens with two attached hydrogens (primary N) is 1. The molecule has 3 rings (SSSR count). The average Bonchev–Trinajstić information content (AvgIpc) is 3.16. The zero-order valence-electron chi connectivity index (χ0n) is 20.6. The van der Waals surface area contributed by atoms with Crippen LogP contribution in [0.5, 0.6) is 5.75 Å². The Morgan fingerprint density at radius 2 is 1.94 bits per heavy atom. The van der Waals surface area contributed by atoms with Crippen LogP contribution >= 0.6 is 0 Å². The van der Waals surface area contributed by atoms with Crippen molar-refractivity contribution < 1.29 is 18.3 Å². The molecule has 1 aromatic carbocycles. The number of aryl methyl sites for hydroxylation is 1. The van der Waals surface area contributed by atoms with Gasteiger partial charge in [-0.2, -0.15) is 4.31 Å². The number of aromatic amines is 1. The predicted molar refractivity (Wildman–Crippen MR) is 133 cm³/mol. The zero-order chi connectivity index (χ0) is 25.8. The molecule has 0 amide bonds. The molecule has 0 fully saturated rings. The first-order chi connectivity index (χ1) is 16.7. The molecule has 0 spiro atoms. The lowest BCUT2D eigenvalue weighted by atomic mass is 10.0. The Bertz CT molecular complexity index is 1320. The van der Waals surface area contributed by atoms with Crippen LogP contribution in [0.15, 0.2) is 27.9 Å². The normalized spacial score (nSPS) is 12.2. The van der Waals surface area contributed by atoms with Gasteiger partial charge in [-0.15, -0.1) is 5.10 Å². The van der Waals surface area contributed by atoms with Gasteiger partial charge in [0.25, 0.3) is 5.56 Å². The van der Waals surface area contributed by atoms with Crippen molar-refractivity contribution in [3.05, 3.63) is 40.1 Å². The summed E-state index contributed by atoms with van der Waals surface area (Å²) in [7, 11) is -3.97. The minimum Gasteiger partial charge on any atom is -0.493 e. The van der Waals surface area contributed by atoms with E-state index in [0.717, 1.165) is 17.1 Å². The van der Waals surface area contributed by atoms with E-state index in [0.29, 0.717) is 35.0 Å². The number of ether oxygens (including phenoxy) is 1. The lowest BCUT2D eigenvalue weighted by Crippen LogP contribution is -2.37. The van der Waals surface area contributed by atoms with Crippen molar-refractivity contribution in [2.75, 3.05) is 32.8 Å². The van der Waals surface area contributed by atoms with E-state index in [1.165, 1.54) is 18.2 Å². The van der Waals surface area contributed by atoms with Gasteiger partial charge < -0.3 is 20.6 Å². The van der Waals surface area contributed by atoms with E-state index in [1.54, 1.807) is 11.4 Å². The molecule has 35 heavy (non-hydrogen) atoms. The van der Waals surface area contributed by atoms with Crippen molar-refractivity contribution in [1.82, 2.24) is 23.9 Å². The number of fused-ring (bicyclic) bond motifs is 1. The lowest BCUT2D eigenvalue weighted by molar-refractivity contribution is 0.255. The highest BCUT2D eigenvalue weighted by atomic mass is 32.2. The van der Waals surface area contributed by atoms with Gasteiger partial charge in [-0.1, -0.05) is 13.8 Å². The number of benzene rings is 1. The number of H-pyrrole nitrogens is 1. The molecule has 0 bridgehead atoms. The molecule has 3 aromatic rings. The first-order valence-electron chi connectivity index (χ1n) is 11.8. The number of hydrogen-bond donors (Lipinski definition) is 3. The molecule has 0 saturated heterocycles. The molecule has 2 heterocycles. The van der Waals surface area contributed by atoms with Crippen molar-refractivity contribution in [2.24, 2.45) is 5.73 Å². The van der Waals surface area contributed by atoms with Gasteiger partial charge in [-0.25, -0.2) is 17.9 Å².